The van der Waals surface area contributed by atoms with Crippen LogP contribution < -0.4 is 21.9 Å². The van der Waals surface area contributed by atoms with Crippen LogP contribution in [0.25, 0.3) is 33.7 Å². The summed E-state index contributed by atoms with van der Waals surface area (Å²) in [4.78, 5) is 111. The van der Waals surface area contributed by atoms with Crippen LogP contribution in [0.2, 0.25) is 0 Å². The van der Waals surface area contributed by atoms with Crippen molar-refractivity contribution in [1.82, 2.24) is 49.1 Å². The van der Waals surface area contributed by atoms with Gasteiger partial charge in [-0.2, -0.15) is 4.31 Å². The van der Waals surface area contributed by atoms with E-state index in [1.165, 1.54) is 28.6 Å². The second-order valence-corrected chi connectivity index (χ2v) is 29.2. The van der Waals surface area contributed by atoms with Gasteiger partial charge in [0, 0.05) is 72.5 Å². The molecule has 0 saturated carbocycles. The molecule has 7 aromatic rings. The molecule has 0 fully saturated rings. The molecule has 7 heterocycles. The van der Waals surface area contributed by atoms with E-state index in [0.717, 1.165) is 16.5 Å². The number of Topliss-reactive ketones (excluding diaryl/α,β-unsaturated/α-hetero) is 2. The lowest BCUT2D eigenvalue weighted by Crippen LogP contribution is -2.47. The zero-order valence-corrected chi connectivity index (χ0v) is 65.5. The van der Waals surface area contributed by atoms with Gasteiger partial charge >= 0.3 is 12.1 Å². The first-order valence-electron chi connectivity index (χ1n) is 37.3. The first-order chi connectivity index (χ1) is 54.3. The molecular formula is C76H100N12O22S2. The molecule has 36 heteroatoms. The number of pyridine rings is 2. The summed E-state index contributed by atoms with van der Waals surface area (Å²) in [7, 11) is -3.54. The summed E-state index contributed by atoms with van der Waals surface area (Å²) in [6.07, 6.45) is 10.4. The fourth-order valence-electron chi connectivity index (χ4n) is 12.4. The van der Waals surface area contributed by atoms with Crippen molar-refractivity contribution in [3.8, 4) is 22.8 Å². The number of unbranched alkanes of at least 4 members (excludes halogenated alkanes) is 1. The lowest BCUT2D eigenvalue weighted by molar-refractivity contribution is -0.175. The van der Waals surface area contributed by atoms with Crippen molar-refractivity contribution in [1.29, 1.82) is 0 Å². The number of thioether (sulfide) groups is 1. The van der Waals surface area contributed by atoms with Crippen molar-refractivity contribution in [2.24, 2.45) is 11.7 Å². The van der Waals surface area contributed by atoms with Gasteiger partial charge in [-0.05, 0) is 94.1 Å². The quantitative estimate of drug-likeness (QED) is 0.0166. The number of ether oxygens (including phenoxy) is 12. The highest BCUT2D eigenvalue weighted by atomic mass is 32.2. The highest BCUT2D eigenvalue weighted by Gasteiger charge is 2.51. The normalized spacial score (nSPS) is 14.1. The summed E-state index contributed by atoms with van der Waals surface area (Å²) < 4.78 is 103. The molecule has 0 unspecified atom stereocenters. The van der Waals surface area contributed by atoms with E-state index in [1.54, 1.807) is 65.1 Å². The number of fused-ring (bicyclic) bond motifs is 5. The monoisotopic (exact) mass is 1600 g/mol. The molecule has 0 saturated heterocycles. The molecule has 2 aliphatic rings. The smallest absolute Gasteiger partial charge is 0.457 e. The first kappa shape index (κ1) is 87.1. The van der Waals surface area contributed by atoms with E-state index in [0.29, 0.717) is 195 Å². The van der Waals surface area contributed by atoms with Gasteiger partial charge in [-0.1, -0.05) is 60.7 Å². The van der Waals surface area contributed by atoms with Crippen molar-refractivity contribution in [2.75, 3.05) is 150 Å². The number of hydrogen-bond donors (Lipinski definition) is 3. The van der Waals surface area contributed by atoms with Crippen LogP contribution in [-0.2, 0) is 131 Å². The fourth-order valence-corrected chi connectivity index (χ4v) is 13.9. The van der Waals surface area contributed by atoms with Gasteiger partial charge in [0.05, 0.1) is 159 Å². The number of rotatable bonds is 54. The minimum Gasteiger partial charge on any atom is -0.457 e. The Balaban J connectivity index is 0.555. The van der Waals surface area contributed by atoms with E-state index in [1.807, 2.05) is 44.4 Å². The van der Waals surface area contributed by atoms with Crippen molar-refractivity contribution < 1.29 is 98.4 Å². The maximum absolute atomic E-state index is 14.4. The van der Waals surface area contributed by atoms with E-state index >= 15 is 0 Å². The predicted molar refractivity (Wildman–Crippen MR) is 407 cm³/mol. The van der Waals surface area contributed by atoms with E-state index in [4.69, 9.17) is 72.0 Å². The van der Waals surface area contributed by atoms with Crippen molar-refractivity contribution in [3.05, 3.63) is 129 Å². The molecule has 34 nitrogen and oxygen atoms in total. The molecule has 608 valence electrons. The number of ketones is 2. The van der Waals surface area contributed by atoms with Gasteiger partial charge in [0.1, 0.15) is 38.4 Å². The third-order valence-corrected chi connectivity index (χ3v) is 20.1. The largest absolute Gasteiger partial charge is 0.510 e. The van der Waals surface area contributed by atoms with E-state index in [-0.39, 0.29) is 106 Å². The van der Waals surface area contributed by atoms with E-state index in [9.17, 15) is 42.0 Å². The Morgan fingerprint density at radius 1 is 0.768 bits per heavy atom. The van der Waals surface area contributed by atoms with Gasteiger partial charge < -0.3 is 82.2 Å². The minimum atomic E-state index is -3.54. The molecule has 2 aliphatic heterocycles. The number of nitrogens with one attached hydrogen (secondary N) is 2. The Morgan fingerprint density at radius 3 is 2.03 bits per heavy atom. The molecular weight excluding hydrogens is 1500 g/mol. The van der Waals surface area contributed by atoms with Crippen LogP contribution in [-0.4, -0.2) is 238 Å². The Hall–Kier alpha value is -8.89. The Labute approximate surface area is 653 Å². The number of esters is 1. The van der Waals surface area contributed by atoms with Gasteiger partial charge in [0.15, 0.2) is 22.4 Å². The number of benzene rings is 2. The molecule has 2 amide bonds. The molecule has 5 aromatic heterocycles. The third-order valence-electron chi connectivity index (χ3n) is 18.1. The van der Waals surface area contributed by atoms with Crippen LogP contribution in [0.3, 0.4) is 0 Å². The summed E-state index contributed by atoms with van der Waals surface area (Å²) >= 11 is 1.41. The maximum Gasteiger partial charge on any atom is 0.510 e. The zero-order chi connectivity index (χ0) is 79.7. The van der Waals surface area contributed by atoms with Gasteiger partial charge in [-0.15, -0.1) is 5.10 Å². The Bertz CT molecular complexity index is 4390. The maximum atomic E-state index is 14.4. The number of cyclic esters (lactones) is 1. The van der Waals surface area contributed by atoms with Crippen LogP contribution in [0.4, 0.5) is 10.5 Å². The molecule has 4 N–H and O–H groups in total. The number of carbonyl (C=O) groups is 6. The second-order valence-electron chi connectivity index (χ2n) is 26.5. The molecule has 0 bridgehead atoms. The third kappa shape index (κ3) is 26.1. The number of carbonyl (C=O) groups excluding carboxylic acids is 6. The second kappa shape index (κ2) is 45.1. The lowest BCUT2D eigenvalue weighted by Gasteiger charge is -2.35. The highest BCUT2D eigenvalue weighted by molar-refractivity contribution is 7.98. The minimum absolute atomic E-state index is 0.110. The van der Waals surface area contributed by atoms with Crippen molar-refractivity contribution in [3.63, 3.8) is 0 Å². The average Bonchev–Trinajstić information content (AvgIpc) is 1.47. The molecule has 0 radical (unpaired) electrons. The zero-order valence-electron chi connectivity index (χ0n) is 63.9. The van der Waals surface area contributed by atoms with Crippen molar-refractivity contribution >= 4 is 73.9 Å². The van der Waals surface area contributed by atoms with Crippen LogP contribution in [0.15, 0.2) is 93.8 Å². The molecule has 2 atom stereocenters. The summed E-state index contributed by atoms with van der Waals surface area (Å²) in [5, 5.41) is 15.2. The number of oxazole rings is 1. The van der Waals surface area contributed by atoms with Crippen LogP contribution in [0.1, 0.15) is 110 Å². The summed E-state index contributed by atoms with van der Waals surface area (Å²) in [6, 6.07) is 15.3. The molecule has 0 spiro atoms. The molecule has 9 rings (SSSR count). The number of aromatic nitrogens is 8. The predicted octanol–water partition coefficient (Wildman–Crippen LogP) is 6.18. The summed E-state index contributed by atoms with van der Waals surface area (Å²) in [5.74, 6) is -2.71. The molecule has 2 aromatic carbocycles. The van der Waals surface area contributed by atoms with Gasteiger partial charge in [-0.3, -0.25) is 24.0 Å². The van der Waals surface area contributed by atoms with Crippen LogP contribution in [0.5, 0.6) is 0 Å². The average molecular weight is 1600 g/mol. The number of sulfonamides is 1. The van der Waals surface area contributed by atoms with Gasteiger partial charge in [0.2, 0.25) is 27.4 Å². The topological polar surface area (TPSA) is 418 Å². The van der Waals surface area contributed by atoms with Gasteiger partial charge in [-0.25, -0.2) is 42.6 Å². The standard InChI is InChI=1S/C76H100N12O22S2/c1-6-76(64-41-67-68-62(46-87(67)72(93)63(64)50-108-73(76)94)60(61-14-7-8-15-65(61)82-68)20-22-88(52(2)3)112(5,96)97)110-75(95)109-47-53-16-18-56(19-17-53)81-69(91)54(12-9-10-21-77)40-59(90)49-106-48-58(89)13-11-24-98-26-28-100-30-32-102-34-36-104-38-39-105-37-35-103-33-31-101-29-27-99-25-23-86-45-57(84-85-86)44-78-70(92)66-51-107-71(83-66)55-42-79-74(111-4)80-43-55/h7-8,14-19,41-43,45,51-52,54H,6,9-13,20-40,44,46-50,77H2,1-5H3,(H,78,92)(H,81,91)/t54-,76+/m1/s1. The fraction of sp³-hybridized carbons (Fsp3) is 0.539. The molecule has 0 aliphatic carbocycles. The van der Waals surface area contributed by atoms with Gasteiger partial charge in [0.25, 0.3) is 11.5 Å². The van der Waals surface area contributed by atoms with Crippen molar-refractivity contribution in [2.45, 2.75) is 122 Å². The van der Waals surface area contributed by atoms with Crippen LogP contribution >= 0.6 is 11.8 Å². The number of anilines is 1. The number of para-hydroxylation sites is 1. The SMILES string of the molecule is CC[C@@]1(OC(=O)OCc2ccc(NC(=O)[C@H](CCCCN)CC(=O)COCC(=O)CCCOCCOCCOCCOCCOCCOCCOCCOCCn3cc(CNC(=O)c4coc(-c5cnc(SC)nc5)n4)nn3)cc2)C(=O)OCc2c1cc1n(c2=O)Cc2c-1nc1ccccc1c2CCN(C(C)C)S(C)(=O)=O. The first-order valence-corrected chi connectivity index (χ1v) is 40.4. The summed E-state index contributed by atoms with van der Waals surface area (Å²) in [6.45, 7) is 11.6. The van der Waals surface area contributed by atoms with E-state index in [2.05, 4.69) is 35.9 Å². The summed E-state index contributed by atoms with van der Waals surface area (Å²) in [5.41, 5.74) is 8.77. The Morgan fingerprint density at radius 2 is 1.40 bits per heavy atom. The Kier molecular flexibility index (Phi) is 35.1. The number of nitrogens with two attached hydrogens (primary N) is 1. The number of hydrogen-bond acceptors (Lipinski definition) is 30. The highest BCUT2D eigenvalue weighted by Crippen LogP contribution is 2.43. The van der Waals surface area contributed by atoms with E-state index < -0.39 is 51.0 Å². The van der Waals surface area contributed by atoms with Crippen LogP contribution in [0, 0.1) is 5.92 Å². The molecule has 112 heavy (non-hydrogen) atoms. The number of amides is 2. The lowest BCUT2D eigenvalue weighted by atomic mass is 9.85. The number of nitrogens with zero attached hydrogens (tertiary/aromatic N) is 9.